The molecule has 0 saturated carbocycles. The first-order valence-electron chi connectivity index (χ1n) is 8.32. The highest BCUT2D eigenvalue weighted by Crippen LogP contribution is 2.30. The second-order valence-electron chi connectivity index (χ2n) is 6.26. The molecule has 4 heteroatoms. The Bertz CT molecular complexity index is 827. The second kappa shape index (κ2) is 6.49. The monoisotopic (exact) mass is 320 g/mol. The van der Waals surface area contributed by atoms with E-state index in [0.717, 1.165) is 30.7 Å². The minimum atomic E-state index is -0.265. The zero-order valence-electron chi connectivity index (χ0n) is 13.4. The summed E-state index contributed by atoms with van der Waals surface area (Å²) < 4.78 is 5.82. The summed E-state index contributed by atoms with van der Waals surface area (Å²) in [6, 6.07) is 16.9. The molecule has 1 heterocycles. The molecule has 0 bridgehead atoms. The summed E-state index contributed by atoms with van der Waals surface area (Å²) in [6.45, 7) is 0. The van der Waals surface area contributed by atoms with Crippen molar-refractivity contribution in [3.05, 3.63) is 77.2 Å². The standard InChI is InChI=1S/C20H20N2O2/c23-16-10-9-15-7-4-8-19(18(15)12-16)22-20-21-13-17(24-20)11-14-5-2-1-3-6-14/h1-8,13,16,23H,9-12H2,(H,21,22). The quantitative estimate of drug-likeness (QED) is 0.766. The Hall–Kier alpha value is -2.59. The number of nitrogens with zero attached hydrogens (tertiary/aromatic N) is 1. The minimum Gasteiger partial charge on any atom is -0.428 e. The number of oxazole rings is 1. The first kappa shape index (κ1) is 15.0. The van der Waals surface area contributed by atoms with Crippen molar-refractivity contribution in [2.75, 3.05) is 5.32 Å². The predicted octanol–water partition coefficient (Wildman–Crippen LogP) is 3.86. The van der Waals surface area contributed by atoms with Crippen molar-refractivity contribution in [3.8, 4) is 0 Å². The third-order valence-corrected chi connectivity index (χ3v) is 4.48. The lowest BCUT2D eigenvalue weighted by Crippen LogP contribution is -2.19. The Kier molecular flexibility index (Phi) is 4.05. The summed E-state index contributed by atoms with van der Waals surface area (Å²) in [5.74, 6) is 0.827. The van der Waals surface area contributed by atoms with E-state index in [4.69, 9.17) is 4.42 Å². The zero-order valence-corrected chi connectivity index (χ0v) is 13.4. The molecule has 4 nitrogen and oxygen atoms in total. The lowest BCUT2D eigenvalue weighted by molar-refractivity contribution is 0.159. The lowest BCUT2D eigenvalue weighted by Gasteiger charge is -2.23. The number of aliphatic hydroxyl groups is 1. The van der Waals surface area contributed by atoms with Crippen LogP contribution < -0.4 is 5.32 Å². The fraction of sp³-hybridized carbons (Fsp3) is 0.250. The molecule has 0 aliphatic heterocycles. The smallest absolute Gasteiger partial charge is 0.299 e. The van der Waals surface area contributed by atoms with Gasteiger partial charge in [-0.3, -0.25) is 0 Å². The van der Waals surface area contributed by atoms with Crippen molar-refractivity contribution >= 4 is 11.7 Å². The van der Waals surface area contributed by atoms with Crippen LogP contribution in [0.4, 0.5) is 11.7 Å². The van der Waals surface area contributed by atoms with Gasteiger partial charge in [0.2, 0.25) is 0 Å². The highest BCUT2D eigenvalue weighted by atomic mass is 16.4. The van der Waals surface area contributed by atoms with Gasteiger partial charge in [-0.2, -0.15) is 0 Å². The van der Waals surface area contributed by atoms with Crippen LogP contribution in [0.2, 0.25) is 0 Å². The van der Waals surface area contributed by atoms with Gasteiger partial charge in [0, 0.05) is 18.5 Å². The van der Waals surface area contributed by atoms with Gasteiger partial charge < -0.3 is 14.8 Å². The van der Waals surface area contributed by atoms with E-state index in [1.807, 2.05) is 30.3 Å². The molecule has 1 unspecified atom stereocenters. The molecule has 1 atom stereocenters. The fourth-order valence-corrected chi connectivity index (χ4v) is 3.25. The van der Waals surface area contributed by atoms with Crippen LogP contribution in [0.5, 0.6) is 0 Å². The Labute approximate surface area is 141 Å². The van der Waals surface area contributed by atoms with Gasteiger partial charge in [0.1, 0.15) is 5.76 Å². The highest BCUT2D eigenvalue weighted by Gasteiger charge is 2.19. The summed E-state index contributed by atoms with van der Waals surface area (Å²) in [7, 11) is 0. The van der Waals surface area contributed by atoms with Crippen molar-refractivity contribution in [2.24, 2.45) is 0 Å². The highest BCUT2D eigenvalue weighted by molar-refractivity contribution is 5.61. The van der Waals surface area contributed by atoms with Crippen LogP contribution in [0.25, 0.3) is 0 Å². The van der Waals surface area contributed by atoms with Gasteiger partial charge in [0.15, 0.2) is 0 Å². The molecule has 0 amide bonds. The molecule has 1 aliphatic rings. The summed E-state index contributed by atoms with van der Waals surface area (Å²) in [5, 5.41) is 13.2. The normalized spacial score (nSPS) is 16.6. The molecule has 1 aromatic heterocycles. The average Bonchev–Trinajstić information content (AvgIpc) is 3.03. The van der Waals surface area contributed by atoms with E-state index >= 15 is 0 Å². The van der Waals surface area contributed by atoms with Gasteiger partial charge in [-0.25, -0.2) is 4.98 Å². The maximum absolute atomic E-state index is 9.95. The second-order valence-corrected chi connectivity index (χ2v) is 6.26. The largest absolute Gasteiger partial charge is 0.428 e. The van der Waals surface area contributed by atoms with E-state index < -0.39 is 0 Å². The molecule has 2 N–H and O–H groups in total. The number of fused-ring (bicyclic) bond motifs is 1. The van der Waals surface area contributed by atoms with Crippen LogP contribution in [0, 0.1) is 0 Å². The number of aryl methyl sites for hydroxylation is 1. The molecule has 0 saturated heterocycles. The third kappa shape index (κ3) is 3.19. The van der Waals surface area contributed by atoms with E-state index in [1.54, 1.807) is 6.20 Å². The van der Waals surface area contributed by atoms with E-state index in [2.05, 4.69) is 28.5 Å². The number of nitrogens with one attached hydrogen (secondary N) is 1. The average molecular weight is 320 g/mol. The molecule has 3 aromatic rings. The Morgan fingerprint density at radius 2 is 2.00 bits per heavy atom. The molecular weight excluding hydrogens is 300 g/mol. The van der Waals surface area contributed by atoms with E-state index in [0.29, 0.717) is 12.4 Å². The zero-order chi connectivity index (χ0) is 16.4. The number of anilines is 2. The SMILES string of the molecule is OC1CCc2cccc(Nc3ncc(Cc4ccccc4)o3)c2C1. The first-order valence-corrected chi connectivity index (χ1v) is 8.32. The van der Waals surface area contributed by atoms with Crippen LogP contribution in [-0.4, -0.2) is 16.2 Å². The van der Waals surface area contributed by atoms with Gasteiger partial charge >= 0.3 is 0 Å². The van der Waals surface area contributed by atoms with Crippen LogP contribution in [0.3, 0.4) is 0 Å². The van der Waals surface area contributed by atoms with Crippen LogP contribution in [0.1, 0.15) is 28.9 Å². The van der Waals surface area contributed by atoms with Gasteiger partial charge in [0.25, 0.3) is 6.01 Å². The van der Waals surface area contributed by atoms with Crippen molar-refractivity contribution in [2.45, 2.75) is 31.8 Å². The maximum Gasteiger partial charge on any atom is 0.299 e. The van der Waals surface area contributed by atoms with Gasteiger partial charge in [-0.05, 0) is 35.6 Å². The number of aliphatic hydroxyl groups excluding tert-OH is 1. The maximum atomic E-state index is 9.95. The van der Waals surface area contributed by atoms with E-state index in [1.165, 1.54) is 16.7 Å². The third-order valence-electron chi connectivity index (χ3n) is 4.48. The molecule has 24 heavy (non-hydrogen) atoms. The molecule has 1 aliphatic carbocycles. The van der Waals surface area contributed by atoms with Crippen molar-refractivity contribution in [3.63, 3.8) is 0 Å². The van der Waals surface area contributed by atoms with Crippen LogP contribution in [-0.2, 0) is 19.3 Å². The topological polar surface area (TPSA) is 58.3 Å². The first-order chi connectivity index (χ1) is 11.8. The Balaban J connectivity index is 1.52. The Morgan fingerprint density at radius 1 is 1.12 bits per heavy atom. The summed E-state index contributed by atoms with van der Waals surface area (Å²) in [4.78, 5) is 4.34. The number of hydrogen-bond acceptors (Lipinski definition) is 4. The minimum absolute atomic E-state index is 0.265. The fourth-order valence-electron chi connectivity index (χ4n) is 3.25. The molecule has 122 valence electrons. The number of hydrogen-bond donors (Lipinski definition) is 2. The molecule has 4 rings (SSSR count). The summed E-state index contributed by atoms with van der Waals surface area (Å²) in [5.41, 5.74) is 4.63. The molecule has 0 radical (unpaired) electrons. The molecular formula is C20H20N2O2. The van der Waals surface area contributed by atoms with Gasteiger partial charge in [-0.1, -0.05) is 42.5 Å². The molecule has 2 aromatic carbocycles. The van der Waals surface area contributed by atoms with Crippen molar-refractivity contribution in [1.29, 1.82) is 0 Å². The lowest BCUT2D eigenvalue weighted by atomic mass is 9.88. The summed E-state index contributed by atoms with van der Waals surface area (Å²) in [6.07, 6.45) is 4.64. The van der Waals surface area contributed by atoms with Crippen LogP contribution >= 0.6 is 0 Å². The van der Waals surface area contributed by atoms with Crippen LogP contribution in [0.15, 0.2) is 59.1 Å². The van der Waals surface area contributed by atoms with Crippen molar-refractivity contribution < 1.29 is 9.52 Å². The number of rotatable bonds is 4. The van der Waals surface area contributed by atoms with Gasteiger partial charge in [-0.15, -0.1) is 0 Å². The van der Waals surface area contributed by atoms with E-state index in [9.17, 15) is 5.11 Å². The number of aromatic nitrogens is 1. The molecule has 0 fully saturated rings. The molecule has 0 spiro atoms. The summed E-state index contributed by atoms with van der Waals surface area (Å²) >= 11 is 0. The van der Waals surface area contributed by atoms with E-state index in [-0.39, 0.29) is 6.10 Å². The van der Waals surface area contributed by atoms with Crippen molar-refractivity contribution in [1.82, 2.24) is 4.98 Å². The van der Waals surface area contributed by atoms with Gasteiger partial charge in [0.05, 0.1) is 12.3 Å². The predicted molar refractivity (Wildman–Crippen MR) is 93.5 cm³/mol. The number of benzene rings is 2. The Morgan fingerprint density at radius 3 is 2.88 bits per heavy atom.